The van der Waals surface area contributed by atoms with Crippen LogP contribution in [0.1, 0.15) is 87.6 Å². The average Bonchev–Trinajstić information content (AvgIpc) is 4.05. The third kappa shape index (κ3) is 8.71. The van der Waals surface area contributed by atoms with E-state index in [2.05, 4.69) is 20.6 Å². The van der Waals surface area contributed by atoms with Crippen molar-refractivity contribution in [2.75, 3.05) is 27.3 Å². The Kier molecular flexibility index (Phi) is 12.4. The molecule has 0 radical (unpaired) electrons. The van der Waals surface area contributed by atoms with Crippen molar-refractivity contribution in [3.8, 4) is 22.4 Å². The molecule has 2 saturated heterocycles. The number of methoxy groups -OCH3 is 2. The Morgan fingerprint density at radius 2 is 1.33 bits per heavy atom. The number of amides is 5. The summed E-state index contributed by atoms with van der Waals surface area (Å²) in [5, 5.41) is 5.36. The number of benzene rings is 2. The lowest BCUT2D eigenvalue weighted by atomic mass is 9.92. The Bertz CT molecular complexity index is 2070. The molecule has 3 aliphatic heterocycles. The van der Waals surface area contributed by atoms with Crippen molar-refractivity contribution in [1.29, 1.82) is 0 Å². The summed E-state index contributed by atoms with van der Waals surface area (Å²) in [7, 11) is 2.55. The standard InChI is InChI=1S/C42H52N8O7/c1-23(2)35(47-41(54)56-5)39(52)49-17-7-9-33(49)31-20-28(21-44-31)27-15-16-29(30(19-27)37(43)51)25-11-13-26(14-12-25)32-22-45-38(46-32)34-10-8-18-50(34)40(53)36(24(3)4)48-42(55)57-6/h11-16,19,21-24,33-36H,7-10,17-18,20H2,1-6H3,(H2,43,51)(H,45,46)(H,47,54)(H,48,55)/t33-,34-,35-,36-/m0/s1. The Hall–Kier alpha value is -5.99. The number of alkyl carbamates (subject to hydrolysis) is 2. The number of carbonyl (C=O) groups excluding carboxylic acids is 5. The number of allylic oxidation sites excluding steroid dienone is 1. The van der Waals surface area contributed by atoms with Crippen LogP contribution in [-0.4, -0.2) is 101 Å². The minimum absolute atomic E-state index is 0.133. The van der Waals surface area contributed by atoms with Crippen molar-refractivity contribution < 1.29 is 33.4 Å². The Morgan fingerprint density at radius 1 is 0.789 bits per heavy atom. The van der Waals surface area contributed by atoms with E-state index in [4.69, 9.17) is 20.2 Å². The van der Waals surface area contributed by atoms with E-state index in [0.29, 0.717) is 36.5 Å². The number of hydrogen-bond acceptors (Lipinski definition) is 9. The molecule has 0 bridgehead atoms. The molecule has 6 rings (SSSR count). The summed E-state index contributed by atoms with van der Waals surface area (Å²) in [6, 6.07) is 11.5. The van der Waals surface area contributed by atoms with E-state index in [1.54, 1.807) is 23.4 Å². The number of ether oxygens (including phenoxy) is 2. The van der Waals surface area contributed by atoms with Crippen molar-refractivity contribution >= 4 is 41.2 Å². The zero-order valence-electron chi connectivity index (χ0n) is 33.3. The third-order valence-corrected chi connectivity index (χ3v) is 11.1. The van der Waals surface area contributed by atoms with Crippen molar-refractivity contribution in [3.05, 3.63) is 71.8 Å². The summed E-state index contributed by atoms with van der Waals surface area (Å²) in [6.45, 7) is 8.66. The van der Waals surface area contributed by atoms with E-state index >= 15 is 0 Å². The van der Waals surface area contributed by atoms with Gasteiger partial charge in [0.05, 0.1) is 38.2 Å². The van der Waals surface area contributed by atoms with Crippen LogP contribution in [0.5, 0.6) is 0 Å². The molecule has 0 aliphatic carbocycles. The van der Waals surface area contributed by atoms with Gasteiger partial charge in [-0.25, -0.2) is 14.6 Å². The molecule has 15 nitrogen and oxygen atoms in total. The summed E-state index contributed by atoms with van der Waals surface area (Å²) >= 11 is 0. The molecule has 3 aliphatic rings. The van der Waals surface area contributed by atoms with Gasteiger partial charge in [0, 0.05) is 37.0 Å². The van der Waals surface area contributed by atoms with Gasteiger partial charge in [-0.3, -0.25) is 19.4 Å². The van der Waals surface area contributed by atoms with Gasteiger partial charge in [-0.2, -0.15) is 0 Å². The van der Waals surface area contributed by atoms with E-state index in [9.17, 15) is 24.0 Å². The van der Waals surface area contributed by atoms with Crippen LogP contribution >= 0.6 is 0 Å². The predicted octanol–water partition coefficient (Wildman–Crippen LogP) is 5.44. The van der Waals surface area contributed by atoms with Gasteiger partial charge in [0.25, 0.3) is 0 Å². The highest BCUT2D eigenvalue weighted by Crippen LogP contribution is 2.35. The number of primary amides is 1. The van der Waals surface area contributed by atoms with Crippen molar-refractivity contribution in [3.63, 3.8) is 0 Å². The molecule has 5 N–H and O–H groups in total. The molecule has 5 amide bonds. The maximum atomic E-state index is 13.6. The monoisotopic (exact) mass is 780 g/mol. The van der Waals surface area contributed by atoms with Crippen LogP contribution in [0.4, 0.5) is 9.59 Å². The summed E-state index contributed by atoms with van der Waals surface area (Å²) in [5.41, 5.74) is 12.1. The predicted molar refractivity (Wildman–Crippen MR) is 215 cm³/mol. The van der Waals surface area contributed by atoms with Crippen LogP contribution in [0.25, 0.3) is 28.0 Å². The fourth-order valence-corrected chi connectivity index (χ4v) is 7.96. The van der Waals surface area contributed by atoms with Crippen LogP contribution in [0.2, 0.25) is 0 Å². The zero-order chi connectivity index (χ0) is 41.0. The normalized spacial score (nSPS) is 18.9. The van der Waals surface area contributed by atoms with Crippen molar-refractivity contribution in [1.82, 2.24) is 30.4 Å². The summed E-state index contributed by atoms with van der Waals surface area (Å²) < 4.78 is 9.50. The van der Waals surface area contributed by atoms with Crippen LogP contribution in [0, 0.1) is 11.8 Å². The number of aromatic amines is 1. The minimum Gasteiger partial charge on any atom is -0.453 e. The molecule has 2 aromatic carbocycles. The number of imidazole rings is 1. The molecule has 15 heteroatoms. The summed E-state index contributed by atoms with van der Waals surface area (Å²) in [5.74, 6) is -0.489. The summed E-state index contributed by atoms with van der Waals surface area (Å²) in [4.78, 5) is 80.3. The molecular formula is C42H52N8O7. The number of nitrogens with one attached hydrogen (secondary N) is 3. The Labute approximate surface area is 332 Å². The second kappa shape index (κ2) is 17.4. The fourth-order valence-electron chi connectivity index (χ4n) is 7.96. The highest BCUT2D eigenvalue weighted by atomic mass is 16.5. The third-order valence-electron chi connectivity index (χ3n) is 11.1. The van der Waals surface area contributed by atoms with Gasteiger partial charge in [0.15, 0.2) is 0 Å². The molecule has 302 valence electrons. The average molecular weight is 781 g/mol. The van der Waals surface area contributed by atoms with Crippen molar-refractivity contribution in [2.45, 2.75) is 84.0 Å². The number of H-pyrrole nitrogens is 1. The zero-order valence-corrected chi connectivity index (χ0v) is 33.3. The van der Waals surface area contributed by atoms with Gasteiger partial charge < -0.3 is 40.6 Å². The van der Waals surface area contributed by atoms with Crippen LogP contribution in [-0.2, 0) is 19.1 Å². The molecule has 57 heavy (non-hydrogen) atoms. The first-order valence-electron chi connectivity index (χ1n) is 19.5. The highest BCUT2D eigenvalue weighted by molar-refractivity contribution is 6.05. The lowest BCUT2D eigenvalue weighted by Crippen LogP contribution is -2.53. The highest BCUT2D eigenvalue weighted by Gasteiger charge is 2.39. The number of aliphatic imine (C=N–C) groups is 1. The minimum atomic E-state index is -0.720. The SMILES string of the molecule is COC(=O)N[C@H](C(=O)N1CCC[C@H]1C1=NC=C(c2ccc(-c3ccc(-c4cnc([C@@H]5CCCN5C(=O)[C@@H](NC(=O)OC)C(C)C)[nH]4)cc3)c(C(N)=O)c2)C1)C(C)C. The molecule has 0 spiro atoms. The first kappa shape index (κ1) is 40.7. The maximum Gasteiger partial charge on any atom is 0.407 e. The number of rotatable bonds is 12. The largest absolute Gasteiger partial charge is 0.453 e. The number of aromatic nitrogens is 2. The molecule has 0 unspecified atom stereocenters. The van der Waals surface area contributed by atoms with Gasteiger partial charge in [-0.05, 0) is 71.4 Å². The number of hydrogen-bond donors (Lipinski definition) is 4. The number of likely N-dealkylation sites (tertiary alicyclic amines) is 2. The van der Waals surface area contributed by atoms with Gasteiger partial charge in [-0.1, -0.05) is 64.1 Å². The van der Waals surface area contributed by atoms with Crippen LogP contribution in [0.15, 0.2) is 59.9 Å². The molecule has 1 aromatic heterocycles. The molecule has 2 fully saturated rings. The van der Waals surface area contributed by atoms with E-state index in [0.717, 1.165) is 59.4 Å². The summed E-state index contributed by atoms with van der Waals surface area (Å²) in [6.07, 6.45) is 5.90. The molecule has 4 atom stereocenters. The first-order valence-corrected chi connectivity index (χ1v) is 19.5. The Balaban J connectivity index is 1.14. The second-order valence-electron chi connectivity index (χ2n) is 15.4. The number of carbonyl (C=O) groups is 5. The fraction of sp³-hybridized carbons (Fsp3) is 0.452. The van der Waals surface area contributed by atoms with E-state index in [1.807, 2.05) is 69.0 Å². The van der Waals surface area contributed by atoms with E-state index in [-0.39, 0.29) is 35.7 Å². The maximum absolute atomic E-state index is 13.6. The Morgan fingerprint density at radius 3 is 1.89 bits per heavy atom. The molecule has 0 saturated carbocycles. The molecular weight excluding hydrogens is 729 g/mol. The van der Waals surface area contributed by atoms with Crippen molar-refractivity contribution in [2.24, 2.45) is 22.6 Å². The molecule has 4 heterocycles. The quantitative estimate of drug-likeness (QED) is 0.186. The smallest absolute Gasteiger partial charge is 0.407 e. The topological polar surface area (TPSA) is 201 Å². The van der Waals surface area contributed by atoms with Gasteiger partial charge >= 0.3 is 12.2 Å². The van der Waals surface area contributed by atoms with Crippen LogP contribution < -0.4 is 16.4 Å². The molecule has 3 aromatic rings. The van der Waals surface area contributed by atoms with E-state index < -0.39 is 30.2 Å². The number of nitrogens with two attached hydrogens (primary N) is 1. The lowest BCUT2D eigenvalue weighted by molar-refractivity contribution is -0.135. The van der Waals surface area contributed by atoms with Gasteiger partial charge in [0.1, 0.15) is 17.9 Å². The number of nitrogens with zero attached hydrogens (tertiary/aromatic N) is 4. The first-order chi connectivity index (χ1) is 27.3. The van der Waals surface area contributed by atoms with E-state index in [1.165, 1.54) is 14.2 Å². The second-order valence-corrected chi connectivity index (χ2v) is 15.4. The van der Waals surface area contributed by atoms with Gasteiger partial charge in [0.2, 0.25) is 17.7 Å². The lowest BCUT2D eigenvalue weighted by Gasteiger charge is -2.31. The van der Waals surface area contributed by atoms with Crippen LogP contribution in [0.3, 0.4) is 0 Å². The van der Waals surface area contributed by atoms with Gasteiger partial charge in [-0.15, -0.1) is 0 Å².